The molecule has 0 spiro atoms. The van der Waals surface area contributed by atoms with E-state index < -0.39 is 0 Å². The van der Waals surface area contributed by atoms with Gasteiger partial charge in [-0.15, -0.1) is 0 Å². The molecule has 0 unspecified atom stereocenters. The zero-order valence-corrected chi connectivity index (χ0v) is 13.8. The fourth-order valence-electron chi connectivity index (χ4n) is 3.51. The standard InChI is InChI=1S/C18H24N2O3/c1-13-11-19(12-14(2)23-13)9-5-6-10-20-17(21)15-7-3-4-8-16(15)18(20)22/h3-4,7-8,13-14H,5-6,9-12H2,1-2H3/t13-,14-/m1/s1. The number of imide groups is 1. The number of morpholine rings is 1. The van der Waals surface area contributed by atoms with Gasteiger partial charge in [0.1, 0.15) is 0 Å². The van der Waals surface area contributed by atoms with E-state index in [-0.39, 0.29) is 24.0 Å². The van der Waals surface area contributed by atoms with Crippen molar-refractivity contribution in [2.45, 2.75) is 38.9 Å². The van der Waals surface area contributed by atoms with Gasteiger partial charge >= 0.3 is 0 Å². The van der Waals surface area contributed by atoms with Crippen LogP contribution in [0.3, 0.4) is 0 Å². The average molecular weight is 316 g/mol. The number of unbranched alkanes of at least 4 members (excludes halogenated alkanes) is 1. The Kier molecular flexibility index (Phi) is 4.78. The number of rotatable bonds is 5. The van der Waals surface area contributed by atoms with Gasteiger partial charge in [0.25, 0.3) is 11.8 Å². The molecule has 3 rings (SSSR count). The molecule has 23 heavy (non-hydrogen) atoms. The minimum Gasteiger partial charge on any atom is -0.373 e. The van der Waals surface area contributed by atoms with Gasteiger partial charge < -0.3 is 4.74 Å². The van der Waals surface area contributed by atoms with E-state index in [4.69, 9.17) is 4.74 Å². The maximum atomic E-state index is 12.3. The number of ether oxygens (including phenoxy) is 1. The molecule has 5 heteroatoms. The molecule has 0 bridgehead atoms. The third-order valence-corrected chi connectivity index (χ3v) is 4.48. The summed E-state index contributed by atoms with van der Waals surface area (Å²) in [5.74, 6) is -0.307. The van der Waals surface area contributed by atoms with Crippen molar-refractivity contribution in [2.75, 3.05) is 26.2 Å². The largest absolute Gasteiger partial charge is 0.373 e. The van der Waals surface area contributed by atoms with Crippen molar-refractivity contribution in [3.05, 3.63) is 35.4 Å². The lowest BCUT2D eigenvalue weighted by Crippen LogP contribution is -2.45. The molecule has 2 aliphatic rings. The van der Waals surface area contributed by atoms with E-state index in [1.54, 1.807) is 24.3 Å². The molecular formula is C18H24N2O3. The minimum absolute atomic E-state index is 0.154. The molecule has 5 nitrogen and oxygen atoms in total. The van der Waals surface area contributed by atoms with Crippen LogP contribution in [0.1, 0.15) is 47.4 Å². The first kappa shape index (κ1) is 16.1. The van der Waals surface area contributed by atoms with E-state index in [9.17, 15) is 9.59 Å². The monoisotopic (exact) mass is 316 g/mol. The van der Waals surface area contributed by atoms with Gasteiger partial charge in [-0.2, -0.15) is 0 Å². The van der Waals surface area contributed by atoms with Crippen molar-refractivity contribution in [3.63, 3.8) is 0 Å². The molecule has 0 radical (unpaired) electrons. The Hall–Kier alpha value is -1.72. The quantitative estimate of drug-likeness (QED) is 0.617. The molecule has 1 fully saturated rings. The molecular weight excluding hydrogens is 292 g/mol. The normalized spacial score (nSPS) is 25.0. The van der Waals surface area contributed by atoms with Gasteiger partial charge in [0.15, 0.2) is 0 Å². The molecule has 2 amide bonds. The Morgan fingerprint density at radius 3 is 2.04 bits per heavy atom. The highest BCUT2D eigenvalue weighted by Gasteiger charge is 2.34. The summed E-state index contributed by atoms with van der Waals surface area (Å²) in [6.45, 7) is 7.60. The first-order valence-electron chi connectivity index (χ1n) is 8.39. The first-order chi connectivity index (χ1) is 11.1. The van der Waals surface area contributed by atoms with E-state index in [1.807, 2.05) is 0 Å². The molecule has 2 atom stereocenters. The lowest BCUT2D eigenvalue weighted by Gasteiger charge is -2.35. The van der Waals surface area contributed by atoms with E-state index in [1.165, 1.54) is 4.90 Å². The van der Waals surface area contributed by atoms with Crippen molar-refractivity contribution in [2.24, 2.45) is 0 Å². The van der Waals surface area contributed by atoms with Crippen LogP contribution in [-0.4, -0.2) is 60.0 Å². The van der Waals surface area contributed by atoms with Crippen LogP contribution < -0.4 is 0 Å². The number of fused-ring (bicyclic) bond motifs is 1. The maximum absolute atomic E-state index is 12.3. The van der Waals surface area contributed by atoms with Gasteiger partial charge in [0.2, 0.25) is 0 Å². The zero-order chi connectivity index (χ0) is 16.4. The lowest BCUT2D eigenvalue weighted by molar-refractivity contribution is -0.0681. The van der Waals surface area contributed by atoms with Crippen molar-refractivity contribution in [1.82, 2.24) is 9.80 Å². The second kappa shape index (κ2) is 6.81. The number of carbonyl (C=O) groups excluding carboxylic acids is 2. The predicted molar refractivity (Wildman–Crippen MR) is 87.5 cm³/mol. The number of carbonyl (C=O) groups is 2. The van der Waals surface area contributed by atoms with Crippen LogP contribution in [0.4, 0.5) is 0 Å². The Morgan fingerprint density at radius 2 is 1.48 bits per heavy atom. The van der Waals surface area contributed by atoms with Crippen LogP contribution in [-0.2, 0) is 4.74 Å². The van der Waals surface area contributed by atoms with Crippen molar-refractivity contribution in [3.8, 4) is 0 Å². The highest BCUT2D eigenvalue weighted by molar-refractivity contribution is 6.21. The molecule has 2 heterocycles. The van der Waals surface area contributed by atoms with Gasteiger partial charge in [0, 0.05) is 19.6 Å². The second-order valence-corrected chi connectivity index (χ2v) is 6.53. The summed E-state index contributed by atoms with van der Waals surface area (Å²) in [5, 5.41) is 0. The molecule has 1 saturated heterocycles. The van der Waals surface area contributed by atoms with Gasteiger partial charge in [-0.25, -0.2) is 0 Å². The Labute approximate surface area is 137 Å². The molecule has 2 aliphatic heterocycles. The number of hydrogen-bond donors (Lipinski definition) is 0. The Balaban J connectivity index is 1.47. The minimum atomic E-state index is -0.154. The summed E-state index contributed by atoms with van der Waals surface area (Å²) >= 11 is 0. The molecule has 0 N–H and O–H groups in total. The van der Waals surface area contributed by atoms with Crippen LogP contribution in [0, 0.1) is 0 Å². The summed E-state index contributed by atoms with van der Waals surface area (Å²) in [7, 11) is 0. The molecule has 124 valence electrons. The van der Waals surface area contributed by atoms with Crippen LogP contribution in [0.15, 0.2) is 24.3 Å². The van der Waals surface area contributed by atoms with Gasteiger partial charge in [-0.05, 0) is 45.4 Å². The average Bonchev–Trinajstić information content (AvgIpc) is 2.75. The van der Waals surface area contributed by atoms with Crippen LogP contribution in [0.5, 0.6) is 0 Å². The summed E-state index contributed by atoms with van der Waals surface area (Å²) in [6.07, 6.45) is 2.36. The molecule has 1 aromatic carbocycles. The highest BCUT2D eigenvalue weighted by atomic mass is 16.5. The van der Waals surface area contributed by atoms with Crippen LogP contribution in [0.25, 0.3) is 0 Å². The zero-order valence-electron chi connectivity index (χ0n) is 13.8. The summed E-state index contributed by atoms with van der Waals surface area (Å²) in [5.41, 5.74) is 1.07. The Bertz CT molecular complexity index is 557. The van der Waals surface area contributed by atoms with Crippen molar-refractivity contribution >= 4 is 11.8 Å². The predicted octanol–water partition coefficient (Wildman–Crippen LogP) is 2.17. The van der Waals surface area contributed by atoms with E-state index in [0.717, 1.165) is 32.5 Å². The summed E-state index contributed by atoms with van der Waals surface area (Å²) in [6, 6.07) is 7.06. The topological polar surface area (TPSA) is 49.9 Å². The van der Waals surface area contributed by atoms with Gasteiger partial charge in [0.05, 0.1) is 23.3 Å². The van der Waals surface area contributed by atoms with Gasteiger partial charge in [-0.3, -0.25) is 19.4 Å². The number of benzene rings is 1. The third kappa shape index (κ3) is 3.46. The smallest absolute Gasteiger partial charge is 0.261 e. The second-order valence-electron chi connectivity index (χ2n) is 6.53. The molecule has 0 saturated carbocycles. The van der Waals surface area contributed by atoms with Crippen LogP contribution in [0.2, 0.25) is 0 Å². The Morgan fingerprint density at radius 1 is 0.957 bits per heavy atom. The van der Waals surface area contributed by atoms with Gasteiger partial charge in [-0.1, -0.05) is 12.1 Å². The summed E-state index contributed by atoms with van der Waals surface area (Å²) in [4.78, 5) is 28.3. The molecule has 1 aromatic rings. The van der Waals surface area contributed by atoms with E-state index >= 15 is 0 Å². The maximum Gasteiger partial charge on any atom is 0.261 e. The van der Waals surface area contributed by atoms with E-state index in [2.05, 4.69) is 18.7 Å². The highest BCUT2D eigenvalue weighted by Crippen LogP contribution is 2.22. The lowest BCUT2D eigenvalue weighted by atomic mass is 10.1. The van der Waals surface area contributed by atoms with Crippen LogP contribution >= 0.6 is 0 Å². The third-order valence-electron chi connectivity index (χ3n) is 4.48. The number of amides is 2. The number of nitrogens with zero attached hydrogens (tertiary/aromatic N) is 2. The fraction of sp³-hybridized carbons (Fsp3) is 0.556. The SMILES string of the molecule is C[C@@H]1CN(CCCCN2C(=O)c3ccccc3C2=O)C[C@@H](C)O1. The summed E-state index contributed by atoms with van der Waals surface area (Å²) < 4.78 is 5.73. The first-order valence-corrected chi connectivity index (χ1v) is 8.39. The van der Waals surface area contributed by atoms with E-state index in [0.29, 0.717) is 17.7 Å². The fourth-order valence-corrected chi connectivity index (χ4v) is 3.51. The van der Waals surface area contributed by atoms with Crippen molar-refractivity contribution < 1.29 is 14.3 Å². The molecule has 0 aromatic heterocycles. The number of hydrogen-bond acceptors (Lipinski definition) is 4. The van der Waals surface area contributed by atoms with Crippen molar-refractivity contribution in [1.29, 1.82) is 0 Å². The molecule has 0 aliphatic carbocycles.